The van der Waals surface area contributed by atoms with Crippen LogP contribution in [0.3, 0.4) is 0 Å². The number of aromatic nitrogens is 2. The number of aliphatic hydroxyl groups excluding tert-OH is 1. The van der Waals surface area contributed by atoms with Crippen molar-refractivity contribution in [3.05, 3.63) is 48.3 Å². The molecular formula is C15H21N3O. The molecule has 0 amide bonds. The Bertz CT molecular complexity index is 495. The maximum atomic E-state index is 8.87. The molecule has 0 aliphatic heterocycles. The fraction of sp³-hybridized carbons (Fsp3) is 0.400. The molecule has 1 aromatic carbocycles. The molecule has 2 unspecified atom stereocenters. The molecule has 2 atom stereocenters. The molecule has 2 rings (SSSR count). The first-order valence-electron chi connectivity index (χ1n) is 6.65. The highest BCUT2D eigenvalue weighted by atomic mass is 16.3. The normalized spacial score (nSPS) is 14.1. The van der Waals surface area contributed by atoms with Crippen LogP contribution in [0.1, 0.15) is 25.3 Å². The second-order valence-electron chi connectivity index (χ2n) is 4.85. The molecule has 1 heterocycles. The molecule has 0 saturated carbocycles. The molecule has 1 aromatic heterocycles. The molecule has 0 spiro atoms. The Hall–Kier alpha value is -1.81. The lowest BCUT2D eigenvalue weighted by Gasteiger charge is -2.21. The minimum atomic E-state index is 0.108. The van der Waals surface area contributed by atoms with E-state index >= 15 is 0 Å². The number of benzene rings is 1. The topological polar surface area (TPSA) is 50.1 Å². The Morgan fingerprint density at radius 2 is 2.00 bits per heavy atom. The molecule has 0 aliphatic rings. The van der Waals surface area contributed by atoms with Gasteiger partial charge < -0.3 is 10.4 Å². The summed E-state index contributed by atoms with van der Waals surface area (Å²) in [5.41, 5.74) is 2.31. The van der Waals surface area contributed by atoms with E-state index in [9.17, 15) is 0 Å². The number of rotatable bonds is 6. The zero-order valence-corrected chi connectivity index (χ0v) is 11.5. The van der Waals surface area contributed by atoms with Gasteiger partial charge in [-0.1, -0.05) is 37.3 Å². The van der Waals surface area contributed by atoms with Crippen LogP contribution < -0.4 is 5.32 Å². The molecule has 2 N–H and O–H groups in total. The number of nitrogens with one attached hydrogen (secondary N) is 1. The molecule has 102 valence electrons. The number of nitrogens with zero attached hydrogens (tertiary/aromatic N) is 2. The first kappa shape index (κ1) is 13.6. The van der Waals surface area contributed by atoms with Gasteiger partial charge >= 0.3 is 0 Å². The van der Waals surface area contributed by atoms with E-state index in [1.165, 1.54) is 5.56 Å². The van der Waals surface area contributed by atoms with Crippen LogP contribution in [0.25, 0.3) is 0 Å². The second-order valence-corrected chi connectivity index (χ2v) is 4.85. The molecule has 0 bridgehead atoms. The van der Waals surface area contributed by atoms with Gasteiger partial charge in [-0.3, -0.25) is 4.68 Å². The van der Waals surface area contributed by atoms with Gasteiger partial charge in [0.15, 0.2) is 0 Å². The Morgan fingerprint density at radius 3 is 2.68 bits per heavy atom. The lowest BCUT2D eigenvalue weighted by Crippen LogP contribution is -2.22. The summed E-state index contributed by atoms with van der Waals surface area (Å²) in [5, 5.41) is 16.5. The van der Waals surface area contributed by atoms with Crippen molar-refractivity contribution in [2.45, 2.75) is 32.4 Å². The average Bonchev–Trinajstić information content (AvgIpc) is 2.86. The van der Waals surface area contributed by atoms with Gasteiger partial charge in [-0.05, 0) is 12.5 Å². The van der Waals surface area contributed by atoms with Gasteiger partial charge in [0.2, 0.25) is 0 Å². The van der Waals surface area contributed by atoms with Crippen LogP contribution in [-0.2, 0) is 6.54 Å². The minimum Gasteiger partial charge on any atom is -0.394 e. The van der Waals surface area contributed by atoms with E-state index in [1.807, 2.05) is 12.3 Å². The van der Waals surface area contributed by atoms with Crippen molar-refractivity contribution in [1.29, 1.82) is 0 Å². The fourth-order valence-corrected chi connectivity index (χ4v) is 2.10. The number of aliphatic hydroxyl groups is 1. The van der Waals surface area contributed by atoms with Crippen LogP contribution in [0, 0.1) is 0 Å². The van der Waals surface area contributed by atoms with Crippen molar-refractivity contribution in [3.8, 4) is 0 Å². The maximum Gasteiger partial charge on any atom is 0.0728 e. The highest BCUT2D eigenvalue weighted by Crippen LogP contribution is 2.21. The Balaban J connectivity index is 1.98. The molecule has 0 saturated heterocycles. The Kier molecular flexibility index (Phi) is 4.58. The van der Waals surface area contributed by atoms with E-state index in [-0.39, 0.29) is 6.61 Å². The van der Waals surface area contributed by atoms with Crippen molar-refractivity contribution < 1.29 is 5.11 Å². The van der Waals surface area contributed by atoms with Crippen molar-refractivity contribution in [2.75, 3.05) is 11.9 Å². The number of hydrogen-bond donors (Lipinski definition) is 2. The van der Waals surface area contributed by atoms with Crippen molar-refractivity contribution >= 4 is 5.69 Å². The maximum absolute atomic E-state index is 8.87. The first-order valence-corrected chi connectivity index (χ1v) is 6.65. The molecule has 0 fully saturated rings. The molecule has 0 radical (unpaired) electrons. The zero-order valence-electron chi connectivity index (χ0n) is 11.5. The summed E-state index contributed by atoms with van der Waals surface area (Å²) in [6.07, 6.45) is 3.72. The van der Waals surface area contributed by atoms with Gasteiger partial charge in [0.1, 0.15) is 0 Å². The van der Waals surface area contributed by atoms with Crippen LogP contribution >= 0.6 is 0 Å². The zero-order chi connectivity index (χ0) is 13.7. The van der Waals surface area contributed by atoms with Crippen molar-refractivity contribution in [3.63, 3.8) is 0 Å². The lowest BCUT2D eigenvalue weighted by molar-refractivity contribution is 0.269. The van der Waals surface area contributed by atoms with Crippen LogP contribution in [-0.4, -0.2) is 27.5 Å². The number of hydrogen-bond acceptors (Lipinski definition) is 3. The van der Waals surface area contributed by atoms with Gasteiger partial charge in [0, 0.05) is 18.2 Å². The van der Waals surface area contributed by atoms with Gasteiger partial charge in [-0.25, -0.2) is 0 Å². The molecular weight excluding hydrogens is 238 g/mol. The predicted molar refractivity (Wildman–Crippen MR) is 77.3 cm³/mol. The van der Waals surface area contributed by atoms with Gasteiger partial charge in [-0.15, -0.1) is 0 Å². The monoisotopic (exact) mass is 259 g/mol. The third kappa shape index (κ3) is 3.58. The number of anilines is 1. The smallest absolute Gasteiger partial charge is 0.0728 e. The molecule has 19 heavy (non-hydrogen) atoms. The molecule has 0 aliphatic carbocycles. The summed E-state index contributed by atoms with van der Waals surface area (Å²) in [7, 11) is 0. The largest absolute Gasteiger partial charge is 0.394 e. The summed E-state index contributed by atoms with van der Waals surface area (Å²) in [4.78, 5) is 0. The van der Waals surface area contributed by atoms with E-state index in [0.717, 1.165) is 5.69 Å². The first-order chi connectivity index (χ1) is 9.20. The highest BCUT2D eigenvalue weighted by Gasteiger charge is 2.14. The quantitative estimate of drug-likeness (QED) is 0.838. The van der Waals surface area contributed by atoms with E-state index in [2.05, 4.69) is 48.5 Å². The Morgan fingerprint density at radius 1 is 1.26 bits per heavy atom. The fourth-order valence-electron chi connectivity index (χ4n) is 2.10. The van der Waals surface area contributed by atoms with Crippen LogP contribution in [0.15, 0.2) is 42.7 Å². The standard InChI is InChI=1S/C15H21N3O/c1-12(14-6-4-3-5-7-14)13(2)17-15-10-16-18(11-15)8-9-19/h3-7,10-13,17,19H,8-9H2,1-2H3. The minimum absolute atomic E-state index is 0.108. The molecule has 2 aromatic rings. The summed E-state index contributed by atoms with van der Waals surface area (Å²) in [6.45, 7) is 5.02. The van der Waals surface area contributed by atoms with Gasteiger partial charge in [0.05, 0.1) is 25.0 Å². The van der Waals surface area contributed by atoms with Gasteiger partial charge in [-0.2, -0.15) is 5.10 Å². The SMILES string of the molecule is CC(Nc1cnn(CCO)c1)C(C)c1ccccc1. The van der Waals surface area contributed by atoms with Crippen LogP contribution in [0.4, 0.5) is 5.69 Å². The molecule has 4 nitrogen and oxygen atoms in total. The summed E-state index contributed by atoms with van der Waals surface area (Å²) < 4.78 is 1.74. The van der Waals surface area contributed by atoms with Crippen molar-refractivity contribution in [1.82, 2.24) is 9.78 Å². The third-order valence-corrected chi connectivity index (χ3v) is 3.43. The predicted octanol–water partition coefficient (Wildman–Crippen LogP) is 2.48. The lowest BCUT2D eigenvalue weighted by atomic mass is 9.94. The Labute approximate surface area is 114 Å². The summed E-state index contributed by atoms with van der Waals surface area (Å²) in [6, 6.07) is 10.8. The van der Waals surface area contributed by atoms with E-state index in [4.69, 9.17) is 5.11 Å². The average molecular weight is 259 g/mol. The van der Waals surface area contributed by atoms with Crippen molar-refractivity contribution in [2.24, 2.45) is 0 Å². The van der Waals surface area contributed by atoms with Crippen LogP contribution in [0.5, 0.6) is 0 Å². The highest BCUT2D eigenvalue weighted by molar-refractivity contribution is 5.40. The summed E-state index contributed by atoms with van der Waals surface area (Å²) in [5.74, 6) is 0.419. The summed E-state index contributed by atoms with van der Waals surface area (Å²) >= 11 is 0. The van der Waals surface area contributed by atoms with E-state index in [0.29, 0.717) is 18.5 Å². The van der Waals surface area contributed by atoms with Gasteiger partial charge in [0.25, 0.3) is 0 Å². The third-order valence-electron chi connectivity index (χ3n) is 3.43. The van der Waals surface area contributed by atoms with Crippen LogP contribution in [0.2, 0.25) is 0 Å². The molecule has 4 heteroatoms. The van der Waals surface area contributed by atoms with E-state index < -0.39 is 0 Å². The second kappa shape index (κ2) is 6.38. The van der Waals surface area contributed by atoms with E-state index in [1.54, 1.807) is 10.9 Å².